The van der Waals surface area contributed by atoms with E-state index in [1.807, 2.05) is 24.3 Å². The molecule has 156 valence electrons. The van der Waals surface area contributed by atoms with Crippen LogP contribution in [0.2, 0.25) is 0 Å². The van der Waals surface area contributed by atoms with Crippen LogP contribution in [-0.2, 0) is 27.0 Å². The van der Waals surface area contributed by atoms with Crippen LogP contribution in [-0.4, -0.2) is 31.8 Å². The van der Waals surface area contributed by atoms with Gasteiger partial charge in [0.1, 0.15) is 0 Å². The second-order valence-corrected chi connectivity index (χ2v) is 7.27. The highest BCUT2D eigenvalue weighted by molar-refractivity contribution is 5.70. The largest absolute Gasteiger partial charge is 0.469 e. The van der Waals surface area contributed by atoms with Crippen molar-refractivity contribution in [3.05, 3.63) is 59.7 Å². The van der Waals surface area contributed by atoms with Gasteiger partial charge in [0.2, 0.25) is 0 Å². The predicted octanol–water partition coefficient (Wildman–Crippen LogP) is 4.57. The van der Waals surface area contributed by atoms with E-state index in [1.165, 1.54) is 19.2 Å². The fraction of sp³-hybridized carbons (Fsp3) is 0.409. The maximum atomic E-state index is 12.7. The fourth-order valence-electron chi connectivity index (χ4n) is 3.48. The fourth-order valence-corrected chi connectivity index (χ4v) is 3.48. The zero-order chi connectivity index (χ0) is 20.9. The van der Waals surface area contributed by atoms with Crippen LogP contribution in [0.3, 0.4) is 0 Å². The molecule has 0 aliphatic carbocycles. The molecule has 0 atom stereocenters. The number of halogens is 3. The summed E-state index contributed by atoms with van der Waals surface area (Å²) in [5.41, 5.74) is 1.59. The first-order valence-corrected chi connectivity index (χ1v) is 9.47. The van der Waals surface area contributed by atoms with E-state index in [9.17, 15) is 18.0 Å². The van der Waals surface area contributed by atoms with Gasteiger partial charge in [-0.15, -0.1) is 0 Å². The Labute approximate surface area is 168 Å². The molecule has 2 aromatic carbocycles. The molecule has 1 aliphatic rings. The van der Waals surface area contributed by atoms with Gasteiger partial charge < -0.3 is 14.8 Å². The monoisotopic (exact) mass is 407 g/mol. The molecule has 0 bridgehead atoms. The van der Waals surface area contributed by atoms with Crippen LogP contribution in [0.4, 0.5) is 13.2 Å². The summed E-state index contributed by atoms with van der Waals surface area (Å²) >= 11 is 0. The van der Waals surface area contributed by atoms with Gasteiger partial charge in [0, 0.05) is 25.3 Å². The molecule has 4 nitrogen and oxygen atoms in total. The Morgan fingerprint density at radius 3 is 2.10 bits per heavy atom. The summed E-state index contributed by atoms with van der Waals surface area (Å²) in [6.45, 7) is 1.76. The summed E-state index contributed by atoms with van der Waals surface area (Å²) < 4.78 is 48.4. The number of methoxy groups -OCH3 is 1. The van der Waals surface area contributed by atoms with Gasteiger partial charge in [-0.05, 0) is 41.7 Å². The molecule has 0 aromatic heterocycles. The Morgan fingerprint density at radius 1 is 1.03 bits per heavy atom. The van der Waals surface area contributed by atoms with E-state index in [0.29, 0.717) is 19.8 Å². The Morgan fingerprint density at radius 2 is 1.59 bits per heavy atom. The maximum Gasteiger partial charge on any atom is 0.416 e. The third-order valence-electron chi connectivity index (χ3n) is 5.33. The van der Waals surface area contributed by atoms with E-state index in [1.54, 1.807) is 0 Å². The van der Waals surface area contributed by atoms with Gasteiger partial charge in [-0.2, -0.15) is 13.2 Å². The third-order valence-corrected chi connectivity index (χ3v) is 5.33. The van der Waals surface area contributed by atoms with Gasteiger partial charge in [0.25, 0.3) is 0 Å². The Hall–Kier alpha value is -2.38. The van der Waals surface area contributed by atoms with Crippen molar-refractivity contribution in [1.82, 2.24) is 5.32 Å². The molecule has 7 heteroatoms. The molecule has 1 aliphatic heterocycles. The maximum absolute atomic E-state index is 12.7. The highest BCUT2D eigenvalue weighted by atomic mass is 19.4. The van der Waals surface area contributed by atoms with Crippen molar-refractivity contribution in [2.45, 2.75) is 37.5 Å². The van der Waals surface area contributed by atoms with Crippen LogP contribution in [0.5, 0.6) is 0 Å². The second-order valence-electron chi connectivity index (χ2n) is 7.27. The number of benzene rings is 2. The van der Waals surface area contributed by atoms with Gasteiger partial charge in [0.05, 0.1) is 19.1 Å². The summed E-state index contributed by atoms with van der Waals surface area (Å²) in [5, 5.41) is 3.49. The van der Waals surface area contributed by atoms with Crippen molar-refractivity contribution in [3.63, 3.8) is 0 Å². The van der Waals surface area contributed by atoms with Gasteiger partial charge in [-0.1, -0.05) is 36.4 Å². The van der Waals surface area contributed by atoms with Crippen LogP contribution in [0.15, 0.2) is 48.5 Å². The number of esters is 1. The quantitative estimate of drug-likeness (QED) is 0.713. The van der Waals surface area contributed by atoms with Crippen molar-refractivity contribution in [3.8, 4) is 11.1 Å². The summed E-state index contributed by atoms with van der Waals surface area (Å²) in [6.07, 6.45) is -2.59. The minimum atomic E-state index is -4.33. The Balaban J connectivity index is 1.66. The standard InChI is InChI=1S/C22H24F3NO3/c1-28-20(27)14-21(10-12-29-13-11-21)26-15-16-2-4-17(5-3-16)18-6-8-19(9-7-18)22(23,24)25/h2-9,26H,10-15H2,1H3. The highest BCUT2D eigenvalue weighted by Crippen LogP contribution is 2.31. The highest BCUT2D eigenvalue weighted by Gasteiger charge is 2.35. The molecule has 0 unspecified atom stereocenters. The number of hydrogen-bond acceptors (Lipinski definition) is 4. The lowest BCUT2D eigenvalue weighted by molar-refractivity contribution is -0.143. The molecule has 0 amide bonds. The van der Waals surface area contributed by atoms with Crippen LogP contribution < -0.4 is 5.32 Å². The molecule has 0 saturated carbocycles. The van der Waals surface area contributed by atoms with Crippen LogP contribution in [0.25, 0.3) is 11.1 Å². The molecule has 2 aromatic rings. The van der Waals surface area contributed by atoms with Crippen LogP contribution in [0.1, 0.15) is 30.4 Å². The molecule has 3 rings (SSSR count). The minimum Gasteiger partial charge on any atom is -0.469 e. The number of carbonyl (C=O) groups is 1. The number of carbonyl (C=O) groups excluding carboxylic acids is 1. The number of nitrogens with one attached hydrogen (secondary N) is 1. The van der Waals surface area contributed by atoms with E-state index >= 15 is 0 Å². The van der Waals surface area contributed by atoms with Gasteiger partial charge in [-0.3, -0.25) is 4.79 Å². The summed E-state index contributed by atoms with van der Waals surface area (Å²) in [5.74, 6) is -0.253. The SMILES string of the molecule is COC(=O)CC1(NCc2ccc(-c3ccc(C(F)(F)F)cc3)cc2)CCOCC1. The van der Waals surface area contributed by atoms with E-state index in [0.717, 1.165) is 41.7 Å². The molecule has 1 heterocycles. The van der Waals surface area contributed by atoms with Crippen LogP contribution >= 0.6 is 0 Å². The first-order valence-electron chi connectivity index (χ1n) is 9.47. The predicted molar refractivity (Wildman–Crippen MR) is 103 cm³/mol. The van der Waals surface area contributed by atoms with E-state index in [-0.39, 0.29) is 17.9 Å². The Bertz CT molecular complexity index is 811. The topological polar surface area (TPSA) is 47.6 Å². The van der Waals surface area contributed by atoms with E-state index in [4.69, 9.17) is 9.47 Å². The van der Waals surface area contributed by atoms with Crippen molar-refractivity contribution < 1.29 is 27.4 Å². The zero-order valence-electron chi connectivity index (χ0n) is 16.2. The lowest BCUT2D eigenvalue weighted by atomic mass is 9.86. The molecule has 1 N–H and O–H groups in total. The van der Waals surface area contributed by atoms with Crippen molar-refractivity contribution in [1.29, 1.82) is 0 Å². The van der Waals surface area contributed by atoms with Gasteiger partial charge >= 0.3 is 12.1 Å². The van der Waals surface area contributed by atoms with E-state index in [2.05, 4.69) is 5.32 Å². The van der Waals surface area contributed by atoms with Gasteiger partial charge in [0.15, 0.2) is 0 Å². The minimum absolute atomic E-state index is 0.253. The lowest BCUT2D eigenvalue weighted by Gasteiger charge is -2.37. The summed E-state index contributed by atoms with van der Waals surface area (Å²) in [4.78, 5) is 11.8. The molecule has 29 heavy (non-hydrogen) atoms. The summed E-state index contributed by atoms with van der Waals surface area (Å²) in [6, 6.07) is 12.8. The second kappa shape index (κ2) is 8.97. The van der Waals surface area contributed by atoms with E-state index < -0.39 is 11.7 Å². The molecular weight excluding hydrogens is 383 g/mol. The lowest BCUT2D eigenvalue weighted by Crippen LogP contribution is -2.50. The average Bonchev–Trinajstić information content (AvgIpc) is 2.73. The summed E-state index contributed by atoms with van der Waals surface area (Å²) in [7, 11) is 1.38. The number of rotatable bonds is 6. The Kier molecular flexibility index (Phi) is 6.59. The van der Waals surface area contributed by atoms with Crippen molar-refractivity contribution in [2.24, 2.45) is 0 Å². The number of alkyl halides is 3. The molecule has 1 saturated heterocycles. The van der Waals surface area contributed by atoms with Crippen molar-refractivity contribution in [2.75, 3.05) is 20.3 Å². The average molecular weight is 407 g/mol. The van der Waals surface area contributed by atoms with Gasteiger partial charge in [-0.25, -0.2) is 0 Å². The number of ether oxygens (including phenoxy) is 2. The first-order chi connectivity index (χ1) is 13.8. The smallest absolute Gasteiger partial charge is 0.416 e. The first kappa shape index (κ1) is 21.3. The molecule has 0 radical (unpaired) electrons. The van der Waals surface area contributed by atoms with Crippen molar-refractivity contribution >= 4 is 5.97 Å². The third kappa shape index (κ3) is 5.58. The number of hydrogen-bond donors (Lipinski definition) is 1. The van der Waals surface area contributed by atoms with Crippen LogP contribution in [0, 0.1) is 0 Å². The molecule has 1 fully saturated rings. The zero-order valence-corrected chi connectivity index (χ0v) is 16.2. The normalized spacial score (nSPS) is 16.4. The molecular formula is C22H24F3NO3. The molecule has 0 spiro atoms.